The lowest BCUT2D eigenvalue weighted by Crippen LogP contribution is -2.12. The van der Waals surface area contributed by atoms with E-state index in [2.05, 4.69) is 15.9 Å². The molecule has 0 aliphatic carbocycles. The van der Waals surface area contributed by atoms with Gasteiger partial charge < -0.3 is 5.32 Å². The molecular formula is C9H6BrF4NO. The second-order valence-corrected chi connectivity index (χ2v) is 3.76. The minimum Gasteiger partial charge on any atom is -0.323 e. The summed E-state index contributed by atoms with van der Waals surface area (Å²) in [6.45, 7) is 1.08. The highest BCUT2D eigenvalue weighted by Crippen LogP contribution is 2.39. The summed E-state index contributed by atoms with van der Waals surface area (Å²) in [5.74, 6) is -1.59. The molecule has 0 saturated heterocycles. The minimum atomic E-state index is -4.61. The van der Waals surface area contributed by atoms with Crippen LogP contribution < -0.4 is 5.32 Å². The van der Waals surface area contributed by atoms with Crippen molar-refractivity contribution in [3.05, 3.63) is 28.0 Å². The molecule has 0 aliphatic rings. The molecular weight excluding hydrogens is 294 g/mol. The van der Waals surface area contributed by atoms with E-state index in [1.165, 1.54) is 0 Å². The molecule has 0 bridgehead atoms. The van der Waals surface area contributed by atoms with Gasteiger partial charge in [0, 0.05) is 6.92 Å². The van der Waals surface area contributed by atoms with Crippen molar-refractivity contribution in [3.8, 4) is 0 Å². The van der Waals surface area contributed by atoms with Gasteiger partial charge in [-0.15, -0.1) is 0 Å². The van der Waals surface area contributed by atoms with Crippen LogP contribution >= 0.6 is 15.9 Å². The molecule has 0 unspecified atom stereocenters. The van der Waals surface area contributed by atoms with Crippen molar-refractivity contribution in [2.24, 2.45) is 0 Å². The Labute approximate surface area is 96.8 Å². The highest BCUT2D eigenvalue weighted by molar-refractivity contribution is 9.10. The molecule has 0 radical (unpaired) electrons. The van der Waals surface area contributed by atoms with Crippen molar-refractivity contribution >= 4 is 27.5 Å². The molecule has 7 heteroatoms. The summed E-state index contributed by atoms with van der Waals surface area (Å²) in [7, 11) is 0. The molecule has 1 aromatic rings. The normalized spacial score (nSPS) is 11.4. The summed E-state index contributed by atoms with van der Waals surface area (Å²) in [6.07, 6.45) is -4.61. The zero-order valence-electron chi connectivity index (χ0n) is 7.95. The second-order valence-electron chi connectivity index (χ2n) is 2.96. The molecule has 88 valence electrons. The number of halogens is 5. The zero-order valence-corrected chi connectivity index (χ0v) is 9.54. The van der Waals surface area contributed by atoms with E-state index in [-0.39, 0.29) is 0 Å². The number of nitrogens with one attached hydrogen (secondary N) is 1. The van der Waals surface area contributed by atoms with Gasteiger partial charge in [-0.05, 0) is 28.1 Å². The van der Waals surface area contributed by atoms with E-state index in [4.69, 9.17) is 0 Å². The van der Waals surface area contributed by atoms with Gasteiger partial charge in [0.25, 0.3) is 0 Å². The van der Waals surface area contributed by atoms with E-state index in [0.717, 1.165) is 6.92 Å². The van der Waals surface area contributed by atoms with Crippen molar-refractivity contribution in [2.75, 3.05) is 5.32 Å². The molecule has 0 aromatic heterocycles. The van der Waals surface area contributed by atoms with Crippen LogP contribution in [0.1, 0.15) is 12.5 Å². The molecule has 1 N–H and O–H groups in total. The first kappa shape index (κ1) is 13.0. The second kappa shape index (κ2) is 4.40. The molecule has 0 aliphatic heterocycles. The van der Waals surface area contributed by atoms with Crippen molar-refractivity contribution in [3.63, 3.8) is 0 Å². The lowest BCUT2D eigenvalue weighted by atomic mass is 10.2. The van der Waals surface area contributed by atoms with Crippen LogP contribution in [-0.4, -0.2) is 5.91 Å². The average molecular weight is 300 g/mol. The van der Waals surface area contributed by atoms with Crippen LogP contribution in [0.25, 0.3) is 0 Å². The van der Waals surface area contributed by atoms with Crippen LogP contribution in [0.15, 0.2) is 16.6 Å². The largest absolute Gasteiger partial charge is 0.417 e. The maximum atomic E-state index is 13.2. The van der Waals surface area contributed by atoms with E-state index in [1.807, 2.05) is 5.32 Å². The van der Waals surface area contributed by atoms with Gasteiger partial charge in [-0.3, -0.25) is 4.79 Å². The Kier molecular flexibility index (Phi) is 3.57. The third kappa shape index (κ3) is 2.72. The van der Waals surface area contributed by atoms with Crippen LogP contribution in [-0.2, 0) is 11.0 Å². The number of anilines is 1. The predicted octanol–water partition coefficient (Wildman–Crippen LogP) is 3.57. The monoisotopic (exact) mass is 299 g/mol. The first-order valence-corrected chi connectivity index (χ1v) is 4.85. The number of hydrogen-bond acceptors (Lipinski definition) is 1. The number of rotatable bonds is 1. The molecule has 2 nitrogen and oxygen atoms in total. The smallest absolute Gasteiger partial charge is 0.323 e. The number of hydrogen-bond donors (Lipinski definition) is 1. The predicted molar refractivity (Wildman–Crippen MR) is 53.4 cm³/mol. The standard InChI is InChI=1S/C9H6BrF4NO/c1-4(16)15-8-6(11)3-2-5(7(8)10)9(12,13)14/h2-3H,1H3,(H,15,16). The number of carbonyl (C=O) groups excluding carboxylic acids is 1. The topological polar surface area (TPSA) is 29.1 Å². The summed E-state index contributed by atoms with van der Waals surface area (Å²) in [4.78, 5) is 10.7. The van der Waals surface area contributed by atoms with E-state index in [9.17, 15) is 22.4 Å². The Hall–Kier alpha value is -1.11. The Balaban J connectivity index is 3.33. The van der Waals surface area contributed by atoms with Crippen LogP contribution in [0, 0.1) is 5.82 Å². The average Bonchev–Trinajstić information content (AvgIpc) is 2.09. The fourth-order valence-electron chi connectivity index (χ4n) is 1.06. The molecule has 0 heterocycles. The number of amides is 1. The first-order valence-electron chi connectivity index (χ1n) is 4.06. The molecule has 0 atom stereocenters. The summed E-state index contributed by atoms with van der Waals surface area (Å²) >= 11 is 2.62. The van der Waals surface area contributed by atoms with Crippen LogP contribution in [0.5, 0.6) is 0 Å². The Morgan fingerprint density at radius 3 is 2.38 bits per heavy atom. The van der Waals surface area contributed by atoms with Crippen molar-refractivity contribution in [2.45, 2.75) is 13.1 Å². The van der Waals surface area contributed by atoms with Gasteiger partial charge in [0.15, 0.2) is 0 Å². The maximum absolute atomic E-state index is 13.2. The lowest BCUT2D eigenvalue weighted by Gasteiger charge is -2.13. The summed E-state index contributed by atoms with van der Waals surface area (Å²) in [6, 6.07) is 1.25. The van der Waals surface area contributed by atoms with Crippen molar-refractivity contribution < 1.29 is 22.4 Å². The Bertz CT molecular complexity index is 430. The van der Waals surface area contributed by atoms with Gasteiger partial charge in [-0.25, -0.2) is 4.39 Å². The number of benzene rings is 1. The highest BCUT2D eigenvalue weighted by Gasteiger charge is 2.34. The molecule has 1 amide bonds. The summed E-state index contributed by atoms with van der Waals surface area (Å²) in [5.41, 5.74) is -1.56. The maximum Gasteiger partial charge on any atom is 0.417 e. The highest BCUT2D eigenvalue weighted by atomic mass is 79.9. The third-order valence-corrected chi connectivity index (χ3v) is 2.52. The fraction of sp³-hybridized carbons (Fsp3) is 0.222. The molecule has 0 saturated carbocycles. The van der Waals surface area contributed by atoms with Gasteiger partial charge in [0.2, 0.25) is 5.91 Å². The van der Waals surface area contributed by atoms with Gasteiger partial charge >= 0.3 is 6.18 Å². The quantitative estimate of drug-likeness (QED) is 0.789. The summed E-state index contributed by atoms with van der Waals surface area (Å²) in [5, 5.41) is 1.99. The Morgan fingerprint density at radius 1 is 1.38 bits per heavy atom. The minimum absolute atomic E-state index is 0.512. The first-order chi connectivity index (χ1) is 7.23. The van der Waals surface area contributed by atoms with E-state index in [1.54, 1.807) is 0 Å². The van der Waals surface area contributed by atoms with Gasteiger partial charge in [-0.1, -0.05) is 0 Å². The number of alkyl halides is 3. The fourth-order valence-corrected chi connectivity index (χ4v) is 1.71. The van der Waals surface area contributed by atoms with E-state index in [0.29, 0.717) is 12.1 Å². The van der Waals surface area contributed by atoms with Crippen LogP contribution in [0.3, 0.4) is 0 Å². The Morgan fingerprint density at radius 2 is 1.94 bits per heavy atom. The van der Waals surface area contributed by atoms with Crippen molar-refractivity contribution in [1.82, 2.24) is 0 Å². The van der Waals surface area contributed by atoms with Gasteiger partial charge in [0.05, 0.1) is 15.7 Å². The molecule has 1 aromatic carbocycles. The van der Waals surface area contributed by atoms with Crippen molar-refractivity contribution in [1.29, 1.82) is 0 Å². The van der Waals surface area contributed by atoms with Crippen LogP contribution in [0.4, 0.5) is 23.2 Å². The zero-order chi connectivity index (χ0) is 12.5. The molecule has 0 spiro atoms. The number of carbonyl (C=O) groups is 1. The molecule has 1 rings (SSSR count). The van der Waals surface area contributed by atoms with E-state index < -0.39 is 33.6 Å². The molecule has 0 fully saturated rings. The molecule has 16 heavy (non-hydrogen) atoms. The lowest BCUT2D eigenvalue weighted by molar-refractivity contribution is -0.138. The summed E-state index contributed by atoms with van der Waals surface area (Å²) < 4.78 is 49.9. The SMILES string of the molecule is CC(=O)Nc1c(F)ccc(C(F)(F)F)c1Br. The van der Waals surface area contributed by atoms with E-state index >= 15 is 0 Å². The third-order valence-electron chi connectivity index (χ3n) is 1.70. The van der Waals surface area contributed by atoms with Gasteiger partial charge in [0.1, 0.15) is 5.82 Å². The van der Waals surface area contributed by atoms with Gasteiger partial charge in [-0.2, -0.15) is 13.2 Å². The van der Waals surface area contributed by atoms with Crippen LogP contribution in [0.2, 0.25) is 0 Å².